The number of aromatic carboxylic acids is 1. The zero-order chi connectivity index (χ0) is 10.0. The van der Waals surface area contributed by atoms with Gasteiger partial charge in [-0.3, -0.25) is 10.1 Å². The second-order valence-corrected chi connectivity index (χ2v) is 2.40. The first kappa shape index (κ1) is 9.24. The average Bonchev–Trinajstić information content (AvgIpc) is 2.29. The molecule has 6 nitrogen and oxygen atoms in total. The number of carboxylic acid groups (broad SMARTS) is 1. The molecule has 1 aromatic heterocycles. The summed E-state index contributed by atoms with van der Waals surface area (Å²) >= 11 is 0. The van der Waals surface area contributed by atoms with Crippen LogP contribution in [0.1, 0.15) is 23.3 Å². The van der Waals surface area contributed by atoms with Gasteiger partial charge in [-0.1, -0.05) is 0 Å². The minimum atomic E-state index is -1.24. The van der Waals surface area contributed by atoms with E-state index in [0.29, 0.717) is 0 Å². The van der Waals surface area contributed by atoms with Gasteiger partial charge in [-0.2, -0.15) is 0 Å². The summed E-state index contributed by atoms with van der Waals surface area (Å²) in [5.41, 5.74) is -0.285. The fourth-order valence-corrected chi connectivity index (χ4v) is 0.817. The Labute approximate surface area is 73.6 Å². The number of oxazole rings is 1. The van der Waals surface area contributed by atoms with E-state index in [1.807, 2.05) is 0 Å². The molecule has 0 aliphatic carbocycles. The van der Waals surface area contributed by atoms with Gasteiger partial charge in [0.05, 0.1) is 0 Å². The van der Waals surface area contributed by atoms with Crippen LogP contribution in [0.5, 0.6) is 0 Å². The van der Waals surface area contributed by atoms with Gasteiger partial charge in [0.25, 0.3) is 0 Å². The van der Waals surface area contributed by atoms with Crippen molar-refractivity contribution < 1.29 is 19.1 Å². The number of hydrogen-bond donors (Lipinski definition) is 2. The Balaban J connectivity index is 3.04. The zero-order valence-corrected chi connectivity index (χ0v) is 7.12. The van der Waals surface area contributed by atoms with E-state index < -0.39 is 11.9 Å². The van der Waals surface area contributed by atoms with Crippen LogP contribution in [0.2, 0.25) is 0 Å². The Hall–Kier alpha value is -1.85. The number of rotatable bonds is 2. The maximum atomic E-state index is 10.6. The molecule has 0 spiro atoms. The fraction of sp³-hybridized carbons (Fsp3) is 0.286. The van der Waals surface area contributed by atoms with Gasteiger partial charge in [-0.25, -0.2) is 9.78 Å². The highest BCUT2D eigenvalue weighted by Gasteiger charge is 2.18. The Kier molecular flexibility index (Phi) is 2.32. The van der Waals surface area contributed by atoms with E-state index in [4.69, 9.17) is 9.52 Å². The maximum Gasteiger partial charge on any atom is 0.360 e. The smallest absolute Gasteiger partial charge is 0.360 e. The summed E-state index contributed by atoms with van der Waals surface area (Å²) < 4.78 is 4.86. The highest BCUT2D eigenvalue weighted by Crippen LogP contribution is 2.16. The van der Waals surface area contributed by atoms with E-state index >= 15 is 0 Å². The van der Waals surface area contributed by atoms with E-state index in [-0.39, 0.29) is 17.5 Å². The lowest BCUT2D eigenvalue weighted by Crippen LogP contribution is -2.09. The average molecular weight is 184 g/mol. The van der Waals surface area contributed by atoms with Gasteiger partial charge in [0.1, 0.15) is 0 Å². The van der Waals surface area contributed by atoms with Crippen LogP contribution in [-0.2, 0) is 4.79 Å². The first-order valence-electron chi connectivity index (χ1n) is 3.49. The van der Waals surface area contributed by atoms with E-state index in [1.165, 1.54) is 13.8 Å². The summed E-state index contributed by atoms with van der Waals surface area (Å²) in [5.74, 6) is -1.57. The first-order valence-corrected chi connectivity index (χ1v) is 3.49. The van der Waals surface area contributed by atoms with E-state index in [0.717, 1.165) is 0 Å². The van der Waals surface area contributed by atoms with Crippen molar-refractivity contribution in [2.24, 2.45) is 0 Å². The Morgan fingerprint density at radius 2 is 2.15 bits per heavy atom. The summed E-state index contributed by atoms with van der Waals surface area (Å²) in [6, 6.07) is 0. The molecule has 1 amide bonds. The minimum Gasteiger partial charge on any atom is -0.476 e. The third-order valence-corrected chi connectivity index (χ3v) is 1.23. The molecule has 0 aliphatic heterocycles. The van der Waals surface area contributed by atoms with Crippen LogP contribution in [0.3, 0.4) is 0 Å². The van der Waals surface area contributed by atoms with Gasteiger partial charge in [0.2, 0.25) is 17.5 Å². The fourth-order valence-electron chi connectivity index (χ4n) is 0.817. The molecule has 0 bridgehead atoms. The lowest BCUT2D eigenvalue weighted by molar-refractivity contribution is -0.114. The van der Waals surface area contributed by atoms with Crippen molar-refractivity contribution in [1.29, 1.82) is 0 Å². The van der Waals surface area contributed by atoms with Crippen LogP contribution < -0.4 is 5.32 Å². The molecule has 1 heterocycles. The number of amides is 1. The van der Waals surface area contributed by atoms with Crippen molar-refractivity contribution in [1.82, 2.24) is 4.98 Å². The summed E-state index contributed by atoms with van der Waals surface area (Å²) in [5, 5.41) is 10.8. The Morgan fingerprint density at radius 1 is 1.54 bits per heavy atom. The van der Waals surface area contributed by atoms with E-state index in [9.17, 15) is 9.59 Å². The molecular weight excluding hydrogens is 176 g/mol. The topological polar surface area (TPSA) is 92.4 Å². The van der Waals surface area contributed by atoms with Crippen LogP contribution >= 0.6 is 0 Å². The molecule has 0 saturated heterocycles. The third-order valence-electron chi connectivity index (χ3n) is 1.23. The normalized spacial score (nSPS) is 9.69. The maximum absolute atomic E-state index is 10.6. The second kappa shape index (κ2) is 3.26. The molecule has 0 radical (unpaired) electrons. The van der Waals surface area contributed by atoms with Crippen LogP contribution in [0.25, 0.3) is 0 Å². The Morgan fingerprint density at radius 3 is 2.62 bits per heavy atom. The lowest BCUT2D eigenvalue weighted by atomic mass is 10.4. The van der Waals surface area contributed by atoms with E-state index in [1.54, 1.807) is 0 Å². The largest absolute Gasteiger partial charge is 0.476 e. The standard InChI is InChI=1S/C7H8N2O4/c1-3(10)8-6-5(7(11)12)9-4(2)13-6/h1-2H3,(H,8,10)(H,11,12). The SMILES string of the molecule is CC(=O)Nc1oc(C)nc1C(=O)O. The molecule has 0 aromatic carbocycles. The molecule has 0 atom stereocenters. The van der Waals surface area contributed by atoms with Gasteiger partial charge >= 0.3 is 5.97 Å². The summed E-state index contributed by atoms with van der Waals surface area (Å²) in [7, 11) is 0. The van der Waals surface area contributed by atoms with Crippen LogP contribution in [0.15, 0.2) is 4.42 Å². The van der Waals surface area contributed by atoms with Crippen molar-refractivity contribution in [3.05, 3.63) is 11.6 Å². The number of anilines is 1. The number of nitrogens with one attached hydrogen (secondary N) is 1. The molecule has 1 rings (SSSR count). The van der Waals surface area contributed by atoms with E-state index in [2.05, 4.69) is 10.3 Å². The predicted molar refractivity (Wildman–Crippen MR) is 42.5 cm³/mol. The molecule has 0 saturated carbocycles. The molecule has 6 heteroatoms. The molecule has 13 heavy (non-hydrogen) atoms. The van der Waals surface area contributed by atoms with Crippen molar-refractivity contribution in [2.75, 3.05) is 5.32 Å². The quantitative estimate of drug-likeness (QED) is 0.703. The van der Waals surface area contributed by atoms with Gasteiger partial charge in [-0.15, -0.1) is 0 Å². The lowest BCUT2D eigenvalue weighted by Gasteiger charge is -1.95. The van der Waals surface area contributed by atoms with Gasteiger partial charge < -0.3 is 9.52 Å². The predicted octanol–water partition coefficient (Wildman–Crippen LogP) is 0.640. The minimum absolute atomic E-state index is 0.127. The number of carboxylic acids is 1. The molecule has 1 aromatic rings. The van der Waals surface area contributed by atoms with Gasteiger partial charge in [-0.05, 0) is 0 Å². The molecule has 0 aliphatic rings. The van der Waals surface area contributed by atoms with Crippen molar-refractivity contribution >= 4 is 17.8 Å². The highest BCUT2D eigenvalue weighted by molar-refractivity contribution is 5.96. The highest BCUT2D eigenvalue weighted by atomic mass is 16.4. The van der Waals surface area contributed by atoms with Gasteiger partial charge in [0, 0.05) is 13.8 Å². The number of aromatic nitrogens is 1. The molecule has 70 valence electrons. The Bertz CT molecular complexity index is 355. The third kappa shape index (κ3) is 2.05. The van der Waals surface area contributed by atoms with Crippen LogP contribution in [0.4, 0.5) is 5.88 Å². The monoisotopic (exact) mass is 184 g/mol. The number of aryl methyl sites for hydroxylation is 1. The molecule has 0 unspecified atom stereocenters. The number of nitrogens with zero attached hydrogens (tertiary/aromatic N) is 1. The summed E-state index contributed by atoms with van der Waals surface area (Å²) in [6.07, 6.45) is 0. The first-order chi connectivity index (χ1) is 6.00. The second-order valence-electron chi connectivity index (χ2n) is 2.40. The van der Waals surface area contributed by atoms with Gasteiger partial charge in [0.15, 0.2) is 5.89 Å². The number of hydrogen-bond acceptors (Lipinski definition) is 4. The zero-order valence-electron chi connectivity index (χ0n) is 7.12. The number of carbonyl (C=O) groups excluding carboxylic acids is 1. The van der Waals surface area contributed by atoms with Crippen LogP contribution in [-0.4, -0.2) is 22.0 Å². The van der Waals surface area contributed by atoms with Crippen molar-refractivity contribution in [2.45, 2.75) is 13.8 Å². The van der Waals surface area contributed by atoms with Crippen LogP contribution in [0, 0.1) is 6.92 Å². The molecule has 0 fully saturated rings. The van der Waals surface area contributed by atoms with Crippen molar-refractivity contribution in [3.8, 4) is 0 Å². The molecular formula is C7H8N2O4. The molecule has 2 N–H and O–H groups in total. The number of carbonyl (C=O) groups is 2. The van der Waals surface area contributed by atoms with Crippen molar-refractivity contribution in [3.63, 3.8) is 0 Å². The summed E-state index contributed by atoms with van der Waals surface area (Å²) in [4.78, 5) is 24.7. The summed E-state index contributed by atoms with van der Waals surface area (Å²) in [6.45, 7) is 2.75.